The fraction of sp³-hybridized carbons (Fsp3) is 0.333. The lowest BCUT2D eigenvalue weighted by atomic mass is 10.8. The second-order valence-corrected chi connectivity index (χ2v) is 5.64. The maximum atomic E-state index is 3.55. The topological polar surface area (TPSA) is 0 Å². The molecule has 0 heterocycles. The molecule has 0 nitrogen and oxygen atoms in total. The van der Waals surface area contributed by atoms with Crippen LogP contribution in [0.1, 0.15) is 0 Å². The minimum absolute atomic E-state index is 0.588. The Balaban J connectivity index is 2.83. The fourth-order valence-electron chi connectivity index (χ4n) is 0. The Bertz CT molecular complexity index is 31.9. The highest BCUT2D eigenvalue weighted by atomic mass is 127. The normalized spacial score (nSPS) is 8.60. The van der Waals surface area contributed by atoms with E-state index in [0.717, 1.165) is 0 Å². The van der Waals surface area contributed by atoms with E-state index in [2.05, 4.69) is 51.8 Å². The van der Waals surface area contributed by atoms with Crippen molar-refractivity contribution in [1.82, 2.24) is 0 Å². The molecule has 0 aliphatic carbocycles. The summed E-state index contributed by atoms with van der Waals surface area (Å²) in [7, 11) is 0. The molecule has 0 unspecified atom stereocenters. The Morgan fingerprint density at radius 3 is 1.80 bits per heavy atom. The van der Waals surface area contributed by atoms with E-state index in [0.29, 0.717) is 1.93 Å². The summed E-state index contributed by atoms with van der Waals surface area (Å²) in [6, 6.07) is 0. The Hall–Kier alpha value is 1.20. The quantitative estimate of drug-likeness (QED) is 0.396. The highest BCUT2D eigenvalue weighted by Crippen LogP contribution is 2.08. The minimum Gasteiger partial charge on any atom is -0.101 e. The molecule has 0 saturated carbocycles. The van der Waals surface area contributed by atoms with Gasteiger partial charge in [-0.1, -0.05) is 51.3 Å². The molecule has 0 N–H and O–H groups in total. The van der Waals surface area contributed by atoms with E-state index < -0.39 is 0 Å². The van der Waals surface area contributed by atoms with Gasteiger partial charge >= 0.3 is 0 Å². The summed E-state index contributed by atoms with van der Waals surface area (Å²) in [5, 5.41) is 0. The molecule has 0 bridgehead atoms. The summed E-state index contributed by atoms with van der Waals surface area (Å²) in [4.78, 5) is 0. The molecule has 0 spiro atoms. The average molecular weight is 294 g/mol. The molecule has 5 heavy (non-hydrogen) atoms. The van der Waals surface area contributed by atoms with Gasteiger partial charge in [0.05, 0.1) is 1.93 Å². The van der Waals surface area contributed by atoms with Crippen molar-refractivity contribution in [3.63, 3.8) is 0 Å². The Kier molecular flexibility index (Phi) is 4.21. The van der Waals surface area contributed by atoms with Gasteiger partial charge in [-0.05, 0) is 0 Å². The lowest BCUT2D eigenvalue weighted by Crippen LogP contribution is -1.65. The Labute approximate surface area is 59.3 Å². The second kappa shape index (κ2) is 3.39. The summed E-state index contributed by atoms with van der Waals surface area (Å²) in [6.45, 7) is 3.55. The summed E-state index contributed by atoms with van der Waals surface area (Å²) < 4.78 is 0.588. The number of hydrogen-bond acceptors (Lipinski definition) is 0. The molecule has 0 amide bonds. The SMILES string of the molecule is C=CC(I)I. The van der Waals surface area contributed by atoms with E-state index in [1.807, 2.05) is 6.08 Å². The van der Waals surface area contributed by atoms with Crippen LogP contribution < -0.4 is 0 Å². The maximum Gasteiger partial charge on any atom is 0.0803 e. The van der Waals surface area contributed by atoms with Crippen molar-refractivity contribution in [3.05, 3.63) is 12.7 Å². The van der Waals surface area contributed by atoms with E-state index in [1.165, 1.54) is 0 Å². The first-order chi connectivity index (χ1) is 2.27. The van der Waals surface area contributed by atoms with Crippen LogP contribution in [0.15, 0.2) is 12.7 Å². The zero-order chi connectivity index (χ0) is 4.28. The first-order valence-corrected chi connectivity index (χ1v) is 3.67. The smallest absolute Gasteiger partial charge is 0.0803 e. The van der Waals surface area contributed by atoms with Crippen molar-refractivity contribution >= 4 is 45.2 Å². The number of hydrogen-bond donors (Lipinski definition) is 0. The molecule has 0 atom stereocenters. The molecule has 0 aromatic carbocycles. The molecular formula is C3H4I2. The van der Waals surface area contributed by atoms with Crippen LogP contribution in [-0.4, -0.2) is 1.93 Å². The fourth-order valence-corrected chi connectivity index (χ4v) is 0. The van der Waals surface area contributed by atoms with Gasteiger partial charge in [0.15, 0.2) is 0 Å². The van der Waals surface area contributed by atoms with Crippen molar-refractivity contribution < 1.29 is 0 Å². The highest BCUT2D eigenvalue weighted by Gasteiger charge is 1.79. The maximum absolute atomic E-state index is 3.55. The largest absolute Gasteiger partial charge is 0.101 e. The Morgan fingerprint density at radius 2 is 1.80 bits per heavy atom. The molecule has 30 valence electrons. The third kappa shape index (κ3) is 5.20. The molecule has 0 rings (SSSR count). The van der Waals surface area contributed by atoms with E-state index in [-0.39, 0.29) is 0 Å². The van der Waals surface area contributed by atoms with Gasteiger partial charge in [-0.3, -0.25) is 0 Å². The lowest BCUT2D eigenvalue weighted by molar-refractivity contribution is 1.84. The molecule has 0 aliphatic rings. The van der Waals surface area contributed by atoms with Crippen LogP contribution in [0, 0.1) is 0 Å². The predicted octanol–water partition coefficient (Wildman–Crippen LogP) is 2.37. The second-order valence-electron chi connectivity index (χ2n) is 0.570. The van der Waals surface area contributed by atoms with E-state index in [1.54, 1.807) is 0 Å². The van der Waals surface area contributed by atoms with Crippen molar-refractivity contribution in [2.75, 3.05) is 0 Å². The molecule has 0 fully saturated rings. The van der Waals surface area contributed by atoms with Gasteiger partial charge in [0.2, 0.25) is 0 Å². The van der Waals surface area contributed by atoms with Gasteiger partial charge < -0.3 is 0 Å². The first-order valence-electron chi connectivity index (χ1n) is 1.18. The summed E-state index contributed by atoms with van der Waals surface area (Å²) in [6.07, 6.45) is 1.89. The number of allylic oxidation sites excluding steroid dienone is 1. The van der Waals surface area contributed by atoms with Crippen molar-refractivity contribution in [2.45, 2.75) is 1.93 Å². The van der Waals surface area contributed by atoms with Gasteiger partial charge in [0.1, 0.15) is 0 Å². The monoisotopic (exact) mass is 294 g/mol. The van der Waals surface area contributed by atoms with Crippen LogP contribution in [0.4, 0.5) is 0 Å². The van der Waals surface area contributed by atoms with Crippen molar-refractivity contribution in [1.29, 1.82) is 0 Å². The highest BCUT2D eigenvalue weighted by molar-refractivity contribution is 14.2. The van der Waals surface area contributed by atoms with Crippen LogP contribution in [0.3, 0.4) is 0 Å². The molecule has 0 aromatic rings. The zero-order valence-electron chi connectivity index (χ0n) is 2.62. The van der Waals surface area contributed by atoms with Crippen LogP contribution in [0.5, 0.6) is 0 Å². The zero-order valence-corrected chi connectivity index (χ0v) is 6.93. The summed E-state index contributed by atoms with van der Waals surface area (Å²) in [5.41, 5.74) is 0. The number of rotatable bonds is 1. The summed E-state index contributed by atoms with van der Waals surface area (Å²) in [5.74, 6) is 0. The molecule has 0 aliphatic heterocycles. The standard InChI is InChI=1S/C3H4I2/c1-2-3(4)5/h2-3H,1H2. The lowest BCUT2D eigenvalue weighted by Gasteiger charge is -1.79. The van der Waals surface area contributed by atoms with E-state index in [4.69, 9.17) is 0 Å². The first kappa shape index (κ1) is 6.20. The van der Waals surface area contributed by atoms with E-state index >= 15 is 0 Å². The van der Waals surface area contributed by atoms with Crippen molar-refractivity contribution in [2.24, 2.45) is 0 Å². The van der Waals surface area contributed by atoms with Crippen LogP contribution >= 0.6 is 45.2 Å². The van der Waals surface area contributed by atoms with Crippen LogP contribution in [-0.2, 0) is 0 Å². The molecule has 0 saturated heterocycles. The minimum atomic E-state index is 0.588. The van der Waals surface area contributed by atoms with Gasteiger partial charge in [0, 0.05) is 0 Å². The van der Waals surface area contributed by atoms with E-state index in [9.17, 15) is 0 Å². The average Bonchev–Trinajstić information content (AvgIpc) is 1.38. The Morgan fingerprint density at radius 1 is 1.60 bits per heavy atom. The predicted molar refractivity (Wildman–Crippen MR) is 42.0 cm³/mol. The van der Waals surface area contributed by atoms with Gasteiger partial charge in [0.25, 0.3) is 0 Å². The van der Waals surface area contributed by atoms with Gasteiger partial charge in [-0.2, -0.15) is 0 Å². The van der Waals surface area contributed by atoms with Crippen LogP contribution in [0.25, 0.3) is 0 Å². The number of alkyl halides is 2. The molecule has 0 radical (unpaired) electrons. The third-order valence-corrected chi connectivity index (χ3v) is 1.20. The van der Waals surface area contributed by atoms with Crippen molar-refractivity contribution in [3.8, 4) is 0 Å². The third-order valence-electron chi connectivity index (χ3n) is 0.178. The molecular weight excluding hydrogens is 290 g/mol. The van der Waals surface area contributed by atoms with Gasteiger partial charge in [-0.25, -0.2) is 0 Å². The molecule has 2 heteroatoms. The summed E-state index contributed by atoms with van der Waals surface area (Å²) >= 11 is 4.55. The van der Waals surface area contributed by atoms with Crippen LogP contribution in [0.2, 0.25) is 0 Å². The number of halogens is 2. The molecule has 0 aromatic heterocycles. The van der Waals surface area contributed by atoms with Gasteiger partial charge in [-0.15, -0.1) is 6.58 Å².